The Hall–Kier alpha value is -2.04. The van der Waals surface area contributed by atoms with E-state index < -0.39 is 0 Å². The molecule has 0 bridgehead atoms. The second kappa shape index (κ2) is 10.5. The van der Waals surface area contributed by atoms with Crippen LogP contribution in [0.25, 0.3) is 0 Å². The second-order valence-electron chi connectivity index (χ2n) is 11.8. The summed E-state index contributed by atoms with van der Waals surface area (Å²) in [5.41, 5.74) is 5.00. The Morgan fingerprint density at radius 3 is 1.24 bits per heavy atom. The number of aromatic hydroxyl groups is 2. The van der Waals surface area contributed by atoms with Gasteiger partial charge in [0.2, 0.25) is 0 Å². The molecule has 4 N–H and O–H groups in total. The zero-order valence-electron chi connectivity index (χ0n) is 21.8. The first-order valence-electron chi connectivity index (χ1n) is 12.2. The van der Waals surface area contributed by atoms with Crippen LogP contribution in [0.3, 0.4) is 0 Å². The molecule has 2 aromatic rings. The van der Waals surface area contributed by atoms with Crippen molar-refractivity contribution in [1.82, 2.24) is 0 Å². The molecule has 0 saturated carbocycles. The van der Waals surface area contributed by atoms with E-state index in [1.54, 1.807) is 13.8 Å². The molecule has 33 heavy (non-hydrogen) atoms. The van der Waals surface area contributed by atoms with E-state index in [1.165, 1.54) is 0 Å². The lowest BCUT2D eigenvalue weighted by molar-refractivity contribution is 0.184. The van der Waals surface area contributed by atoms with E-state index in [-0.39, 0.29) is 34.5 Å². The molecule has 0 fully saturated rings. The number of hydrogen-bond donors (Lipinski definition) is 4. The second-order valence-corrected chi connectivity index (χ2v) is 11.8. The molecule has 0 heterocycles. The molecule has 0 aromatic heterocycles. The number of aliphatic hydroxyl groups is 2. The Morgan fingerprint density at radius 1 is 0.636 bits per heavy atom. The average Bonchev–Trinajstić information content (AvgIpc) is 2.66. The molecule has 0 spiro atoms. The molecule has 0 aliphatic heterocycles. The summed E-state index contributed by atoms with van der Waals surface area (Å²) in [4.78, 5) is 0. The maximum absolute atomic E-state index is 11.2. The highest BCUT2D eigenvalue weighted by Crippen LogP contribution is 2.40. The molecule has 2 unspecified atom stereocenters. The number of aryl methyl sites for hydroxylation is 2. The van der Waals surface area contributed by atoms with Crippen LogP contribution in [0.4, 0.5) is 0 Å². The van der Waals surface area contributed by atoms with E-state index in [9.17, 15) is 20.4 Å². The van der Waals surface area contributed by atoms with Gasteiger partial charge in [-0.15, -0.1) is 0 Å². The van der Waals surface area contributed by atoms with E-state index >= 15 is 0 Å². The van der Waals surface area contributed by atoms with Crippen molar-refractivity contribution in [2.75, 3.05) is 0 Å². The number of hydrogen-bond acceptors (Lipinski definition) is 4. The monoisotopic (exact) mass is 456 g/mol. The topological polar surface area (TPSA) is 80.9 Å². The van der Waals surface area contributed by atoms with E-state index in [0.717, 1.165) is 46.2 Å². The Morgan fingerprint density at radius 2 is 0.970 bits per heavy atom. The molecule has 184 valence electrons. The number of aliphatic hydroxyl groups excluding tert-OH is 2. The fourth-order valence-electron chi connectivity index (χ4n) is 4.18. The SMILES string of the molecule is CC(O)CCc1cc(Cc2cc(CCC(C)O)cc(C(C)(C)C)c2O)c(O)c(C(C)(C)C)c1. The number of benzene rings is 2. The molecule has 0 aliphatic rings. The third-order valence-electron chi connectivity index (χ3n) is 6.20. The van der Waals surface area contributed by atoms with Gasteiger partial charge in [-0.25, -0.2) is 0 Å². The van der Waals surface area contributed by atoms with Crippen molar-refractivity contribution in [3.05, 3.63) is 57.6 Å². The Balaban J connectivity index is 2.59. The molecule has 0 aliphatic carbocycles. The number of phenols is 2. The van der Waals surface area contributed by atoms with Crippen LogP contribution in [0.1, 0.15) is 102 Å². The molecule has 0 radical (unpaired) electrons. The van der Waals surface area contributed by atoms with Gasteiger partial charge in [0.25, 0.3) is 0 Å². The quantitative estimate of drug-likeness (QED) is 0.398. The molecule has 4 heteroatoms. The van der Waals surface area contributed by atoms with Gasteiger partial charge in [-0.3, -0.25) is 0 Å². The van der Waals surface area contributed by atoms with Crippen molar-refractivity contribution in [3.8, 4) is 11.5 Å². The fraction of sp³-hybridized carbons (Fsp3) is 0.586. The van der Waals surface area contributed by atoms with Gasteiger partial charge in [0.1, 0.15) is 11.5 Å². The first-order chi connectivity index (χ1) is 15.1. The van der Waals surface area contributed by atoms with Crippen molar-refractivity contribution < 1.29 is 20.4 Å². The van der Waals surface area contributed by atoms with Crippen LogP contribution in [-0.2, 0) is 30.1 Å². The molecule has 4 nitrogen and oxygen atoms in total. The number of phenolic OH excluding ortho intramolecular Hbond substituents is 2. The van der Waals surface area contributed by atoms with Gasteiger partial charge in [0, 0.05) is 6.42 Å². The smallest absolute Gasteiger partial charge is 0.122 e. The normalized spacial score (nSPS) is 14.4. The molecule has 0 saturated heterocycles. The minimum Gasteiger partial charge on any atom is -0.507 e. The first-order valence-corrected chi connectivity index (χ1v) is 12.2. The summed E-state index contributed by atoms with van der Waals surface area (Å²) in [6, 6.07) is 8.10. The molecular formula is C29H44O4. The van der Waals surface area contributed by atoms with Gasteiger partial charge in [0.05, 0.1) is 12.2 Å². The molecule has 0 amide bonds. The van der Waals surface area contributed by atoms with Crippen LogP contribution in [0.15, 0.2) is 24.3 Å². The summed E-state index contributed by atoms with van der Waals surface area (Å²) in [5, 5.41) is 41.9. The van der Waals surface area contributed by atoms with E-state index in [2.05, 4.69) is 41.5 Å². The molecule has 2 aromatic carbocycles. The van der Waals surface area contributed by atoms with Crippen molar-refractivity contribution in [1.29, 1.82) is 0 Å². The van der Waals surface area contributed by atoms with Crippen molar-refractivity contribution in [3.63, 3.8) is 0 Å². The van der Waals surface area contributed by atoms with Crippen LogP contribution >= 0.6 is 0 Å². The number of rotatable bonds is 8. The van der Waals surface area contributed by atoms with Crippen LogP contribution < -0.4 is 0 Å². The van der Waals surface area contributed by atoms with Crippen LogP contribution in [0.5, 0.6) is 11.5 Å². The summed E-state index contributed by atoms with van der Waals surface area (Å²) in [6.45, 7) is 16.1. The maximum Gasteiger partial charge on any atom is 0.122 e. The van der Waals surface area contributed by atoms with Gasteiger partial charge in [-0.2, -0.15) is 0 Å². The summed E-state index contributed by atoms with van der Waals surface area (Å²) in [6.07, 6.45) is 2.40. The molecular weight excluding hydrogens is 412 g/mol. The van der Waals surface area contributed by atoms with Gasteiger partial charge < -0.3 is 20.4 Å². The average molecular weight is 457 g/mol. The van der Waals surface area contributed by atoms with Crippen LogP contribution in [0, 0.1) is 0 Å². The van der Waals surface area contributed by atoms with Crippen molar-refractivity contribution >= 4 is 0 Å². The Bertz CT molecular complexity index is 866. The van der Waals surface area contributed by atoms with Crippen LogP contribution in [-0.4, -0.2) is 32.6 Å². The fourth-order valence-corrected chi connectivity index (χ4v) is 4.18. The van der Waals surface area contributed by atoms with E-state index in [4.69, 9.17) is 0 Å². The predicted octanol–water partition coefficient (Wildman–Crippen LogP) is 5.91. The summed E-state index contributed by atoms with van der Waals surface area (Å²) in [5.74, 6) is 0.545. The predicted molar refractivity (Wildman–Crippen MR) is 136 cm³/mol. The largest absolute Gasteiger partial charge is 0.507 e. The molecule has 2 rings (SSSR count). The highest BCUT2D eigenvalue weighted by atomic mass is 16.3. The highest BCUT2D eigenvalue weighted by Gasteiger charge is 2.25. The van der Waals surface area contributed by atoms with Crippen molar-refractivity contribution in [2.45, 2.75) is 111 Å². The lowest BCUT2D eigenvalue weighted by Crippen LogP contribution is -2.15. The summed E-state index contributed by atoms with van der Waals surface area (Å²) >= 11 is 0. The van der Waals surface area contributed by atoms with Crippen LogP contribution in [0.2, 0.25) is 0 Å². The third kappa shape index (κ3) is 7.48. The summed E-state index contributed by atoms with van der Waals surface area (Å²) in [7, 11) is 0. The first kappa shape index (κ1) is 27.2. The Labute approximate surface area is 200 Å². The maximum atomic E-state index is 11.2. The van der Waals surface area contributed by atoms with E-state index in [0.29, 0.717) is 19.3 Å². The van der Waals surface area contributed by atoms with Gasteiger partial charge in [-0.05, 0) is 83.7 Å². The lowest BCUT2D eigenvalue weighted by atomic mass is 9.81. The van der Waals surface area contributed by atoms with Crippen molar-refractivity contribution in [2.24, 2.45) is 0 Å². The Kier molecular flexibility index (Phi) is 8.64. The van der Waals surface area contributed by atoms with E-state index in [1.807, 2.05) is 24.3 Å². The van der Waals surface area contributed by atoms with Gasteiger partial charge >= 0.3 is 0 Å². The third-order valence-corrected chi connectivity index (χ3v) is 6.20. The molecule has 2 atom stereocenters. The zero-order valence-corrected chi connectivity index (χ0v) is 21.8. The van der Waals surface area contributed by atoms with Gasteiger partial charge in [0.15, 0.2) is 0 Å². The zero-order chi connectivity index (χ0) is 25.1. The lowest BCUT2D eigenvalue weighted by Gasteiger charge is -2.25. The summed E-state index contributed by atoms with van der Waals surface area (Å²) < 4.78 is 0. The minimum absolute atomic E-state index is 0.239. The standard InChI is InChI=1S/C29H44O4/c1-18(30)9-11-20-13-22(26(32)24(15-20)28(3,4)5)17-23-14-21(12-10-19(2)31)16-25(27(23)33)29(6,7)8/h13-16,18-19,30-33H,9-12,17H2,1-8H3. The minimum atomic E-state index is -0.385. The van der Waals surface area contributed by atoms with Gasteiger partial charge in [-0.1, -0.05) is 65.8 Å². The highest BCUT2D eigenvalue weighted by molar-refractivity contribution is 5.53.